The van der Waals surface area contributed by atoms with Crippen LogP contribution >= 0.6 is 11.3 Å². The van der Waals surface area contributed by atoms with Crippen LogP contribution in [0.3, 0.4) is 0 Å². The molecule has 0 saturated heterocycles. The summed E-state index contributed by atoms with van der Waals surface area (Å²) in [6, 6.07) is 6.58. The number of anilines is 1. The average molecular weight is 326 g/mol. The van der Waals surface area contributed by atoms with Crippen molar-refractivity contribution in [3.63, 3.8) is 0 Å². The molecule has 0 bridgehead atoms. The maximum atomic E-state index is 5.60. The number of fused-ring (bicyclic) bond motifs is 1. The largest absolute Gasteiger partial charge is 0.369 e. The van der Waals surface area contributed by atoms with E-state index < -0.39 is 0 Å². The summed E-state index contributed by atoms with van der Waals surface area (Å²) in [5, 5.41) is 6.72. The van der Waals surface area contributed by atoms with Crippen LogP contribution in [0.4, 0.5) is 5.82 Å². The number of thiophene rings is 1. The van der Waals surface area contributed by atoms with Crippen LogP contribution in [0.2, 0.25) is 0 Å². The quantitative estimate of drug-likeness (QED) is 0.694. The molecule has 0 saturated carbocycles. The lowest BCUT2D eigenvalue weighted by atomic mass is 10.0. The lowest BCUT2D eigenvalue weighted by molar-refractivity contribution is 0.869. The normalized spacial score (nSPS) is 11.1. The minimum absolute atomic E-state index is 0.674. The van der Waals surface area contributed by atoms with E-state index in [0.717, 1.165) is 34.8 Å². The molecule has 0 amide bonds. The fraction of sp³-hybridized carbons (Fsp3) is 0.333. The molecule has 0 aliphatic rings. The number of rotatable bonds is 5. The number of aryl methyl sites for hydroxylation is 3. The zero-order chi connectivity index (χ0) is 16.4. The standard InChI is InChI=1S/C18H22N4S/c1-11-5-6-14(9-12(11)2)15-10-23-18-16(15)17(20-8-4-7-19)21-13(3)22-18/h5-6,9-10H,4,7-8,19H2,1-3H3,(H,20,21,22). The molecule has 3 aromatic rings. The Morgan fingerprint density at radius 3 is 2.70 bits per heavy atom. The third-order valence-corrected chi connectivity index (χ3v) is 4.91. The van der Waals surface area contributed by atoms with Crippen molar-refractivity contribution in [1.29, 1.82) is 0 Å². The van der Waals surface area contributed by atoms with Crippen molar-refractivity contribution in [3.05, 3.63) is 40.5 Å². The monoisotopic (exact) mass is 326 g/mol. The summed E-state index contributed by atoms with van der Waals surface area (Å²) in [6.07, 6.45) is 0.924. The third kappa shape index (κ3) is 3.21. The summed E-state index contributed by atoms with van der Waals surface area (Å²) in [5.74, 6) is 1.71. The molecule has 23 heavy (non-hydrogen) atoms. The van der Waals surface area contributed by atoms with Gasteiger partial charge < -0.3 is 11.1 Å². The maximum absolute atomic E-state index is 5.60. The zero-order valence-corrected chi connectivity index (χ0v) is 14.6. The van der Waals surface area contributed by atoms with E-state index in [1.54, 1.807) is 11.3 Å². The van der Waals surface area contributed by atoms with E-state index in [1.807, 2.05) is 6.92 Å². The molecule has 0 unspecified atom stereocenters. The van der Waals surface area contributed by atoms with Crippen molar-refractivity contribution in [1.82, 2.24) is 9.97 Å². The molecular formula is C18H22N4S. The van der Waals surface area contributed by atoms with Crippen molar-refractivity contribution in [2.45, 2.75) is 27.2 Å². The number of aromatic nitrogens is 2. The van der Waals surface area contributed by atoms with Gasteiger partial charge in [-0.1, -0.05) is 18.2 Å². The molecule has 0 spiro atoms. The Kier molecular flexibility index (Phi) is 4.59. The van der Waals surface area contributed by atoms with Crippen LogP contribution in [0.1, 0.15) is 23.4 Å². The summed E-state index contributed by atoms with van der Waals surface area (Å²) < 4.78 is 0. The Hall–Kier alpha value is -1.98. The number of nitrogens with two attached hydrogens (primary N) is 1. The maximum Gasteiger partial charge on any atom is 0.139 e. The first-order valence-corrected chi connectivity index (χ1v) is 8.75. The molecule has 5 heteroatoms. The molecule has 1 aromatic carbocycles. The van der Waals surface area contributed by atoms with E-state index in [0.29, 0.717) is 6.54 Å². The van der Waals surface area contributed by atoms with Crippen LogP contribution in [-0.4, -0.2) is 23.1 Å². The third-order valence-electron chi connectivity index (χ3n) is 4.04. The smallest absolute Gasteiger partial charge is 0.139 e. The highest BCUT2D eigenvalue weighted by Crippen LogP contribution is 2.37. The first-order chi connectivity index (χ1) is 11.1. The van der Waals surface area contributed by atoms with Gasteiger partial charge in [0.25, 0.3) is 0 Å². The van der Waals surface area contributed by atoms with Crippen LogP contribution in [-0.2, 0) is 0 Å². The van der Waals surface area contributed by atoms with Crippen molar-refractivity contribution in [2.24, 2.45) is 5.73 Å². The van der Waals surface area contributed by atoms with E-state index in [4.69, 9.17) is 5.73 Å². The Labute approximate surface area is 140 Å². The van der Waals surface area contributed by atoms with Gasteiger partial charge in [0, 0.05) is 17.5 Å². The first kappa shape index (κ1) is 15.9. The molecule has 0 fully saturated rings. The fourth-order valence-corrected chi connectivity index (χ4v) is 3.60. The summed E-state index contributed by atoms with van der Waals surface area (Å²) in [4.78, 5) is 10.2. The molecule has 4 nitrogen and oxygen atoms in total. The average Bonchev–Trinajstić information content (AvgIpc) is 2.94. The highest BCUT2D eigenvalue weighted by atomic mass is 32.1. The van der Waals surface area contributed by atoms with Crippen LogP contribution in [0, 0.1) is 20.8 Å². The van der Waals surface area contributed by atoms with Gasteiger partial charge in [-0.05, 0) is 50.4 Å². The predicted molar refractivity (Wildman–Crippen MR) is 99.2 cm³/mol. The Morgan fingerprint density at radius 2 is 1.96 bits per heavy atom. The van der Waals surface area contributed by atoms with E-state index in [9.17, 15) is 0 Å². The van der Waals surface area contributed by atoms with Gasteiger partial charge in [-0.25, -0.2) is 9.97 Å². The van der Waals surface area contributed by atoms with Crippen LogP contribution in [0.25, 0.3) is 21.3 Å². The van der Waals surface area contributed by atoms with Crippen LogP contribution in [0.5, 0.6) is 0 Å². The van der Waals surface area contributed by atoms with Crippen LogP contribution in [0.15, 0.2) is 23.6 Å². The lowest BCUT2D eigenvalue weighted by Crippen LogP contribution is -2.10. The number of nitrogens with one attached hydrogen (secondary N) is 1. The molecule has 3 rings (SSSR count). The van der Waals surface area contributed by atoms with Gasteiger partial charge in [-0.15, -0.1) is 11.3 Å². The second-order valence-electron chi connectivity index (χ2n) is 5.82. The molecule has 0 atom stereocenters. The Morgan fingerprint density at radius 1 is 1.13 bits per heavy atom. The minimum atomic E-state index is 0.674. The molecule has 3 N–H and O–H groups in total. The van der Waals surface area contributed by atoms with E-state index in [-0.39, 0.29) is 0 Å². The van der Waals surface area contributed by atoms with E-state index in [2.05, 4.69) is 52.7 Å². The number of nitrogens with zero attached hydrogens (tertiary/aromatic N) is 2. The van der Waals surface area contributed by atoms with Gasteiger partial charge in [0.15, 0.2) is 0 Å². The SMILES string of the molecule is Cc1nc(NCCCN)c2c(-c3ccc(C)c(C)c3)csc2n1. The van der Waals surface area contributed by atoms with Crippen molar-refractivity contribution < 1.29 is 0 Å². The topological polar surface area (TPSA) is 63.8 Å². The summed E-state index contributed by atoms with van der Waals surface area (Å²) in [7, 11) is 0. The minimum Gasteiger partial charge on any atom is -0.369 e. The van der Waals surface area contributed by atoms with Gasteiger partial charge in [-0.2, -0.15) is 0 Å². The fourth-order valence-electron chi connectivity index (χ4n) is 2.61. The Bertz CT molecular complexity index is 838. The van der Waals surface area contributed by atoms with Gasteiger partial charge in [0.2, 0.25) is 0 Å². The van der Waals surface area contributed by atoms with Crippen molar-refractivity contribution >= 4 is 27.4 Å². The summed E-state index contributed by atoms with van der Waals surface area (Å²) in [5.41, 5.74) is 10.6. The lowest BCUT2D eigenvalue weighted by Gasteiger charge is -2.10. The molecule has 2 aromatic heterocycles. The van der Waals surface area contributed by atoms with Gasteiger partial charge in [0.1, 0.15) is 16.5 Å². The van der Waals surface area contributed by atoms with E-state index in [1.165, 1.54) is 22.3 Å². The van der Waals surface area contributed by atoms with Crippen molar-refractivity contribution in [2.75, 3.05) is 18.4 Å². The Balaban J connectivity index is 2.11. The summed E-state index contributed by atoms with van der Waals surface area (Å²) >= 11 is 1.67. The molecule has 120 valence electrons. The number of benzene rings is 1. The first-order valence-electron chi connectivity index (χ1n) is 7.87. The molecule has 0 aliphatic carbocycles. The highest BCUT2D eigenvalue weighted by Gasteiger charge is 2.14. The predicted octanol–water partition coefficient (Wildman–Crippen LogP) is 4.04. The van der Waals surface area contributed by atoms with Crippen LogP contribution < -0.4 is 11.1 Å². The summed E-state index contributed by atoms with van der Waals surface area (Å²) in [6.45, 7) is 7.71. The highest BCUT2D eigenvalue weighted by molar-refractivity contribution is 7.17. The van der Waals surface area contributed by atoms with Gasteiger partial charge in [-0.3, -0.25) is 0 Å². The number of hydrogen-bond acceptors (Lipinski definition) is 5. The van der Waals surface area contributed by atoms with Crippen molar-refractivity contribution in [3.8, 4) is 11.1 Å². The molecule has 0 aliphatic heterocycles. The van der Waals surface area contributed by atoms with Gasteiger partial charge >= 0.3 is 0 Å². The second-order valence-corrected chi connectivity index (χ2v) is 6.68. The zero-order valence-electron chi connectivity index (χ0n) is 13.8. The second kappa shape index (κ2) is 6.64. The van der Waals surface area contributed by atoms with E-state index >= 15 is 0 Å². The molecule has 2 heterocycles. The molecular weight excluding hydrogens is 304 g/mol. The van der Waals surface area contributed by atoms with Gasteiger partial charge in [0.05, 0.1) is 5.39 Å². The number of hydrogen-bond donors (Lipinski definition) is 2. The molecule has 0 radical (unpaired) electrons.